The summed E-state index contributed by atoms with van der Waals surface area (Å²) in [7, 11) is 0. The van der Waals surface area contributed by atoms with E-state index in [0.717, 1.165) is 55.1 Å². The zero-order chi connectivity index (χ0) is 19.6. The molecule has 0 saturated carbocycles. The van der Waals surface area contributed by atoms with Gasteiger partial charge in [0.1, 0.15) is 0 Å². The molecule has 2 aliphatic rings. The normalized spacial score (nSPS) is 19.8. The maximum atomic E-state index is 13.2. The molecule has 2 saturated heterocycles. The summed E-state index contributed by atoms with van der Waals surface area (Å²) in [5.41, 5.74) is 1.10. The molecule has 3 heterocycles. The van der Waals surface area contributed by atoms with Crippen LogP contribution in [0.3, 0.4) is 0 Å². The summed E-state index contributed by atoms with van der Waals surface area (Å²) >= 11 is 3.41. The van der Waals surface area contributed by atoms with Gasteiger partial charge < -0.3 is 9.80 Å². The van der Waals surface area contributed by atoms with Crippen molar-refractivity contribution >= 4 is 34.9 Å². The Balaban J connectivity index is 1.45. The molecule has 2 fully saturated rings. The van der Waals surface area contributed by atoms with Gasteiger partial charge in [-0.25, -0.2) is 0 Å². The molecule has 0 bridgehead atoms. The van der Waals surface area contributed by atoms with Crippen molar-refractivity contribution in [1.82, 2.24) is 9.80 Å². The number of carbonyl (C=O) groups excluding carboxylic acids is 2. The zero-order valence-corrected chi connectivity index (χ0v) is 17.8. The summed E-state index contributed by atoms with van der Waals surface area (Å²) in [6.07, 6.45) is 2.51. The van der Waals surface area contributed by atoms with Gasteiger partial charge in [0.25, 0.3) is 5.91 Å². The molecule has 2 amide bonds. The van der Waals surface area contributed by atoms with Crippen molar-refractivity contribution in [3.63, 3.8) is 0 Å². The molecule has 2 aliphatic heterocycles. The number of carbonyl (C=O) groups is 2. The van der Waals surface area contributed by atoms with Crippen LogP contribution in [0.2, 0.25) is 0 Å². The lowest BCUT2D eigenvalue weighted by Crippen LogP contribution is -2.54. The molecule has 0 radical (unpaired) electrons. The highest BCUT2D eigenvalue weighted by atomic mass is 32.2. The summed E-state index contributed by atoms with van der Waals surface area (Å²) in [5, 5.41) is 1.96. The molecule has 4 nitrogen and oxygen atoms in total. The lowest BCUT2D eigenvalue weighted by Gasteiger charge is -2.44. The van der Waals surface area contributed by atoms with Crippen LogP contribution in [0.25, 0.3) is 0 Å². The van der Waals surface area contributed by atoms with E-state index >= 15 is 0 Å². The number of amides is 2. The number of hydrogen-bond acceptors (Lipinski definition) is 4. The molecule has 1 spiro atoms. The molecule has 1 aromatic heterocycles. The van der Waals surface area contributed by atoms with Crippen LogP contribution in [-0.2, 0) is 4.79 Å². The number of rotatable bonds is 4. The van der Waals surface area contributed by atoms with Crippen LogP contribution in [0.4, 0.5) is 0 Å². The van der Waals surface area contributed by atoms with Crippen molar-refractivity contribution in [2.45, 2.75) is 37.0 Å². The van der Waals surface area contributed by atoms with Crippen molar-refractivity contribution in [3.05, 3.63) is 58.3 Å². The first-order chi connectivity index (χ1) is 13.6. The third kappa shape index (κ3) is 3.60. The van der Waals surface area contributed by atoms with Crippen molar-refractivity contribution in [2.75, 3.05) is 25.4 Å². The lowest BCUT2D eigenvalue weighted by molar-refractivity contribution is -0.134. The fourth-order valence-electron chi connectivity index (χ4n) is 4.38. The predicted octanol–water partition coefficient (Wildman–Crippen LogP) is 4.45. The van der Waals surface area contributed by atoms with Gasteiger partial charge in [0, 0.05) is 25.4 Å². The molecule has 2 aromatic rings. The van der Waals surface area contributed by atoms with E-state index in [4.69, 9.17) is 0 Å². The van der Waals surface area contributed by atoms with E-state index in [-0.39, 0.29) is 22.6 Å². The van der Waals surface area contributed by atoms with Crippen molar-refractivity contribution in [2.24, 2.45) is 0 Å². The number of thioether (sulfide) groups is 1. The first-order valence-electron chi connectivity index (χ1n) is 9.98. The minimum atomic E-state index is -0.147. The van der Waals surface area contributed by atoms with Crippen molar-refractivity contribution in [1.29, 1.82) is 0 Å². The van der Waals surface area contributed by atoms with E-state index in [1.54, 1.807) is 0 Å². The van der Waals surface area contributed by atoms with Gasteiger partial charge in [0.2, 0.25) is 5.91 Å². The Labute approximate surface area is 174 Å². The summed E-state index contributed by atoms with van der Waals surface area (Å²) in [6, 6.07) is 13.9. The fraction of sp³-hybridized carbons (Fsp3) is 0.455. The maximum Gasteiger partial charge on any atom is 0.265 e. The van der Waals surface area contributed by atoms with E-state index in [9.17, 15) is 9.59 Å². The van der Waals surface area contributed by atoms with Crippen molar-refractivity contribution in [3.8, 4) is 0 Å². The summed E-state index contributed by atoms with van der Waals surface area (Å²) in [5.74, 6) is 1.28. The molecular formula is C22H26N2O2S2. The molecular weight excluding hydrogens is 388 g/mol. The smallest absolute Gasteiger partial charge is 0.265 e. The van der Waals surface area contributed by atoms with Crippen LogP contribution in [-0.4, -0.2) is 51.9 Å². The van der Waals surface area contributed by atoms with Crippen LogP contribution in [0.15, 0.2) is 47.8 Å². The molecule has 0 aliphatic carbocycles. The average Bonchev–Trinajstić information content (AvgIpc) is 3.40. The van der Waals surface area contributed by atoms with E-state index in [2.05, 4.69) is 11.8 Å². The number of benzene rings is 1. The molecule has 0 N–H and O–H groups in total. The van der Waals surface area contributed by atoms with Gasteiger partial charge in [-0.1, -0.05) is 43.3 Å². The van der Waals surface area contributed by atoms with Crippen LogP contribution < -0.4 is 0 Å². The second-order valence-electron chi connectivity index (χ2n) is 7.43. The topological polar surface area (TPSA) is 40.6 Å². The second kappa shape index (κ2) is 8.29. The molecule has 6 heteroatoms. The van der Waals surface area contributed by atoms with Gasteiger partial charge in [-0.3, -0.25) is 9.59 Å². The molecule has 1 aromatic carbocycles. The highest BCUT2D eigenvalue weighted by Crippen LogP contribution is 2.45. The van der Waals surface area contributed by atoms with Crippen molar-refractivity contribution < 1.29 is 9.59 Å². The Morgan fingerprint density at radius 2 is 1.82 bits per heavy atom. The van der Waals surface area contributed by atoms with Gasteiger partial charge >= 0.3 is 0 Å². The maximum absolute atomic E-state index is 13.2. The largest absolute Gasteiger partial charge is 0.342 e. The fourth-order valence-corrected chi connectivity index (χ4v) is 6.50. The van der Waals surface area contributed by atoms with Gasteiger partial charge in [-0.05, 0) is 36.3 Å². The number of piperidine rings is 1. The predicted molar refractivity (Wildman–Crippen MR) is 116 cm³/mol. The molecule has 1 atom stereocenters. The van der Waals surface area contributed by atoms with Gasteiger partial charge in [-0.15, -0.1) is 23.1 Å². The molecule has 28 heavy (non-hydrogen) atoms. The quantitative estimate of drug-likeness (QED) is 0.742. The van der Waals surface area contributed by atoms with Crippen LogP contribution in [0.5, 0.6) is 0 Å². The lowest BCUT2D eigenvalue weighted by atomic mass is 9.93. The highest BCUT2D eigenvalue weighted by molar-refractivity contribution is 8.00. The summed E-state index contributed by atoms with van der Waals surface area (Å²) < 4.78 is 0. The Kier molecular flexibility index (Phi) is 5.78. The Hall–Kier alpha value is -1.79. The van der Waals surface area contributed by atoms with Crippen LogP contribution in [0, 0.1) is 0 Å². The van der Waals surface area contributed by atoms with Crippen LogP contribution in [0.1, 0.15) is 47.3 Å². The average molecular weight is 415 g/mol. The van der Waals surface area contributed by atoms with E-state index < -0.39 is 0 Å². The monoisotopic (exact) mass is 414 g/mol. The Morgan fingerprint density at radius 3 is 2.46 bits per heavy atom. The van der Waals surface area contributed by atoms with E-state index in [1.807, 2.05) is 64.5 Å². The first-order valence-corrected chi connectivity index (χ1v) is 11.8. The number of thiophene rings is 1. The second-order valence-corrected chi connectivity index (χ2v) is 9.83. The third-order valence-electron chi connectivity index (χ3n) is 5.92. The minimum Gasteiger partial charge on any atom is -0.342 e. The standard InChI is InChI=1S/C22H26N2O2S2/c1-2-18(17-7-4-3-5-8-17)20(25)23-12-10-22(11-13-23)24(14-16-28-22)21(26)19-9-6-15-27-19/h3-9,15,18H,2,10-14,16H2,1H3/t18-/m0/s1. The SMILES string of the molecule is CC[C@H](C(=O)N1CCC2(CC1)SCCN2C(=O)c1cccs1)c1ccccc1. The Morgan fingerprint density at radius 1 is 1.07 bits per heavy atom. The van der Waals surface area contributed by atoms with E-state index in [0.29, 0.717) is 0 Å². The van der Waals surface area contributed by atoms with Gasteiger partial charge in [0.15, 0.2) is 0 Å². The molecule has 0 unspecified atom stereocenters. The van der Waals surface area contributed by atoms with Gasteiger partial charge in [-0.2, -0.15) is 0 Å². The summed E-state index contributed by atoms with van der Waals surface area (Å²) in [6.45, 7) is 4.33. The van der Waals surface area contributed by atoms with E-state index in [1.165, 1.54) is 11.3 Å². The number of hydrogen-bond donors (Lipinski definition) is 0. The highest BCUT2D eigenvalue weighted by Gasteiger charge is 2.47. The molecule has 148 valence electrons. The number of nitrogens with zero attached hydrogens (tertiary/aromatic N) is 2. The Bertz CT molecular complexity index is 814. The zero-order valence-electron chi connectivity index (χ0n) is 16.2. The molecule has 4 rings (SSSR count). The number of likely N-dealkylation sites (tertiary alicyclic amines) is 1. The first kappa shape index (κ1) is 19.5. The minimum absolute atomic E-state index is 0.0738. The van der Waals surface area contributed by atoms with Gasteiger partial charge in [0.05, 0.1) is 15.7 Å². The summed E-state index contributed by atoms with van der Waals surface area (Å²) in [4.78, 5) is 30.9. The van der Waals surface area contributed by atoms with Crippen LogP contribution >= 0.6 is 23.1 Å². The third-order valence-corrected chi connectivity index (χ3v) is 8.33.